The lowest BCUT2D eigenvalue weighted by molar-refractivity contribution is 0.0325. The van der Waals surface area contributed by atoms with E-state index in [1.165, 1.54) is 0 Å². The van der Waals surface area contributed by atoms with Gasteiger partial charge in [-0.15, -0.1) is 5.10 Å². The minimum absolute atomic E-state index is 0.441. The Hall–Kier alpha value is -3.41. The molecule has 0 unspecified atom stereocenters. The van der Waals surface area contributed by atoms with Crippen LogP contribution < -0.4 is 0 Å². The largest absolute Gasteiger partial charge is 0.378 e. The molecule has 0 aliphatic rings. The maximum absolute atomic E-state index is 12.3. The molecule has 0 saturated carbocycles. The number of aromatic nitrogens is 5. The maximum atomic E-state index is 12.3. The van der Waals surface area contributed by atoms with Gasteiger partial charge >= 0.3 is 0 Å². The normalized spacial score (nSPS) is 14.0. The molecule has 2 atom stereocenters. The molecular formula is C21H15BrN6O. The van der Waals surface area contributed by atoms with Gasteiger partial charge in [-0.3, -0.25) is 4.98 Å². The van der Waals surface area contributed by atoms with Crippen LogP contribution >= 0.6 is 15.9 Å². The molecule has 3 heterocycles. The van der Waals surface area contributed by atoms with Crippen LogP contribution in [0.5, 0.6) is 0 Å². The summed E-state index contributed by atoms with van der Waals surface area (Å²) in [5.74, 6) is 0. The average Bonchev–Trinajstić information content (AvgIpc) is 3.30. The Morgan fingerprint density at radius 2 is 1.93 bits per heavy atom. The van der Waals surface area contributed by atoms with Gasteiger partial charge in [-0.25, -0.2) is 9.67 Å². The highest BCUT2D eigenvalue weighted by atomic mass is 79.9. The number of pyridine rings is 2. The molecule has 1 N–H and O–H groups in total. The second-order valence-electron chi connectivity index (χ2n) is 6.40. The molecule has 3 aromatic heterocycles. The van der Waals surface area contributed by atoms with Crippen molar-refractivity contribution >= 4 is 15.9 Å². The molecule has 142 valence electrons. The van der Waals surface area contributed by atoms with Gasteiger partial charge in [0.25, 0.3) is 0 Å². The van der Waals surface area contributed by atoms with Crippen molar-refractivity contribution in [3.05, 3.63) is 106 Å². The van der Waals surface area contributed by atoms with Gasteiger partial charge in [0.05, 0.1) is 17.8 Å². The SMILES string of the molecule is N#Cc1cccc([C@](O)(c2cccnc2)[C@@H](c2ccc(Br)nc2)n2ccnn2)c1. The Kier molecular flexibility index (Phi) is 5.16. The smallest absolute Gasteiger partial charge is 0.143 e. The van der Waals surface area contributed by atoms with Gasteiger partial charge in [-0.1, -0.05) is 29.5 Å². The van der Waals surface area contributed by atoms with Crippen LogP contribution in [-0.2, 0) is 5.60 Å². The second kappa shape index (κ2) is 7.91. The molecule has 7 nitrogen and oxygen atoms in total. The van der Waals surface area contributed by atoms with Gasteiger partial charge in [-0.2, -0.15) is 5.26 Å². The molecule has 0 radical (unpaired) electrons. The minimum Gasteiger partial charge on any atom is -0.378 e. The first-order valence-corrected chi connectivity index (χ1v) is 9.53. The highest BCUT2D eigenvalue weighted by molar-refractivity contribution is 9.10. The molecule has 0 spiro atoms. The third-order valence-electron chi connectivity index (χ3n) is 4.70. The summed E-state index contributed by atoms with van der Waals surface area (Å²) in [6.07, 6.45) is 8.15. The molecule has 29 heavy (non-hydrogen) atoms. The standard InChI is InChI=1S/C21H15BrN6O/c22-19-7-6-16(13-25-19)20(28-10-9-26-27-28)21(29,18-5-2-8-24-14-18)17-4-1-3-15(11-17)12-23/h1-11,13-14,20,29H/t20-,21+/m1/s1. The minimum atomic E-state index is -1.59. The van der Waals surface area contributed by atoms with E-state index < -0.39 is 11.6 Å². The Balaban J connectivity index is 2.01. The van der Waals surface area contributed by atoms with Crippen molar-refractivity contribution < 1.29 is 5.11 Å². The molecular weight excluding hydrogens is 432 g/mol. The van der Waals surface area contributed by atoms with Crippen LogP contribution in [0.3, 0.4) is 0 Å². The summed E-state index contributed by atoms with van der Waals surface area (Å²) >= 11 is 3.35. The third kappa shape index (κ3) is 3.53. The van der Waals surface area contributed by atoms with Gasteiger partial charge in [-0.05, 0) is 51.3 Å². The highest BCUT2D eigenvalue weighted by Gasteiger charge is 2.43. The molecule has 0 fully saturated rings. The zero-order chi connectivity index (χ0) is 20.3. The van der Waals surface area contributed by atoms with Crippen molar-refractivity contribution in [2.24, 2.45) is 0 Å². The van der Waals surface area contributed by atoms with Gasteiger partial charge in [0.15, 0.2) is 0 Å². The summed E-state index contributed by atoms with van der Waals surface area (Å²) in [5.41, 5.74) is 0.652. The predicted octanol–water partition coefficient (Wildman–Crippen LogP) is 3.23. The van der Waals surface area contributed by atoms with E-state index in [0.29, 0.717) is 26.9 Å². The van der Waals surface area contributed by atoms with Crippen LogP contribution in [0.25, 0.3) is 0 Å². The number of halogens is 1. The van der Waals surface area contributed by atoms with Crippen molar-refractivity contribution in [1.29, 1.82) is 5.26 Å². The molecule has 8 heteroatoms. The first-order chi connectivity index (χ1) is 14.1. The predicted molar refractivity (Wildman–Crippen MR) is 108 cm³/mol. The lowest BCUT2D eigenvalue weighted by Crippen LogP contribution is -2.39. The van der Waals surface area contributed by atoms with E-state index in [2.05, 4.69) is 42.3 Å². The highest BCUT2D eigenvalue weighted by Crippen LogP contribution is 2.43. The van der Waals surface area contributed by atoms with Crippen LogP contribution in [0.1, 0.15) is 28.3 Å². The van der Waals surface area contributed by atoms with Crippen LogP contribution in [-0.4, -0.2) is 30.1 Å². The summed E-state index contributed by atoms with van der Waals surface area (Å²) in [6.45, 7) is 0. The quantitative estimate of drug-likeness (QED) is 0.472. The van der Waals surface area contributed by atoms with Gasteiger partial charge < -0.3 is 5.11 Å². The number of hydrogen-bond donors (Lipinski definition) is 1. The van der Waals surface area contributed by atoms with Crippen LogP contribution in [0.2, 0.25) is 0 Å². The molecule has 0 bridgehead atoms. The van der Waals surface area contributed by atoms with E-state index in [1.54, 1.807) is 78.1 Å². The van der Waals surface area contributed by atoms with E-state index in [0.717, 1.165) is 0 Å². The molecule has 0 amide bonds. The number of benzene rings is 1. The van der Waals surface area contributed by atoms with Crippen molar-refractivity contribution in [3.8, 4) is 6.07 Å². The van der Waals surface area contributed by atoms with Crippen LogP contribution in [0.4, 0.5) is 0 Å². The van der Waals surface area contributed by atoms with Crippen molar-refractivity contribution in [1.82, 2.24) is 25.0 Å². The number of nitriles is 1. The van der Waals surface area contributed by atoms with Gasteiger partial charge in [0.1, 0.15) is 16.2 Å². The Morgan fingerprint density at radius 3 is 2.59 bits per heavy atom. The monoisotopic (exact) mass is 446 g/mol. The van der Waals surface area contributed by atoms with Gasteiger partial charge in [0, 0.05) is 30.4 Å². The Labute approximate surface area is 175 Å². The first-order valence-electron chi connectivity index (χ1n) is 8.73. The maximum Gasteiger partial charge on any atom is 0.143 e. The summed E-state index contributed by atoms with van der Waals surface area (Å²) in [4.78, 5) is 8.52. The number of nitrogens with zero attached hydrogens (tertiary/aromatic N) is 6. The summed E-state index contributed by atoms with van der Waals surface area (Å²) < 4.78 is 2.26. The number of hydrogen-bond acceptors (Lipinski definition) is 6. The second-order valence-corrected chi connectivity index (χ2v) is 7.21. The van der Waals surface area contributed by atoms with E-state index in [4.69, 9.17) is 0 Å². The van der Waals surface area contributed by atoms with Crippen molar-refractivity contribution in [2.75, 3.05) is 0 Å². The van der Waals surface area contributed by atoms with E-state index >= 15 is 0 Å². The summed E-state index contributed by atoms with van der Waals surface area (Å²) in [5, 5.41) is 29.7. The molecule has 0 saturated heterocycles. The third-order valence-corrected chi connectivity index (χ3v) is 5.17. The zero-order valence-corrected chi connectivity index (χ0v) is 16.7. The lowest BCUT2D eigenvalue weighted by atomic mass is 9.78. The Bertz CT molecular complexity index is 1140. The molecule has 4 rings (SSSR count). The van der Waals surface area contributed by atoms with E-state index in [1.807, 2.05) is 6.07 Å². The van der Waals surface area contributed by atoms with Crippen molar-refractivity contribution in [2.45, 2.75) is 11.6 Å². The molecule has 0 aliphatic heterocycles. The Morgan fingerprint density at radius 1 is 1.07 bits per heavy atom. The zero-order valence-electron chi connectivity index (χ0n) is 15.1. The number of rotatable bonds is 5. The first kappa shape index (κ1) is 18.9. The van der Waals surface area contributed by atoms with E-state index in [-0.39, 0.29) is 0 Å². The molecule has 0 aliphatic carbocycles. The van der Waals surface area contributed by atoms with E-state index in [9.17, 15) is 10.4 Å². The topological polar surface area (TPSA) is 101 Å². The average molecular weight is 447 g/mol. The molecule has 1 aromatic carbocycles. The van der Waals surface area contributed by atoms with Gasteiger partial charge in [0.2, 0.25) is 0 Å². The fraction of sp³-hybridized carbons (Fsp3) is 0.0952. The summed E-state index contributed by atoms with van der Waals surface area (Å²) in [6, 6.07) is 15.5. The van der Waals surface area contributed by atoms with Crippen LogP contribution in [0.15, 0.2) is 84.1 Å². The van der Waals surface area contributed by atoms with Crippen molar-refractivity contribution in [3.63, 3.8) is 0 Å². The molecule has 4 aromatic rings. The fourth-order valence-corrected chi connectivity index (χ4v) is 3.62. The number of aliphatic hydroxyl groups is 1. The fourth-order valence-electron chi connectivity index (χ4n) is 3.39. The lowest BCUT2D eigenvalue weighted by Gasteiger charge is -2.37. The summed E-state index contributed by atoms with van der Waals surface area (Å²) in [7, 11) is 0. The van der Waals surface area contributed by atoms with Crippen LogP contribution in [0, 0.1) is 11.3 Å².